The third-order valence-electron chi connectivity index (χ3n) is 11.0. The second-order valence-corrected chi connectivity index (χ2v) is 17.7. The summed E-state index contributed by atoms with van der Waals surface area (Å²) in [5, 5.41) is 9.64. The number of carboxylic acids is 1. The van der Waals surface area contributed by atoms with Crippen LogP contribution < -0.4 is 0 Å². The van der Waals surface area contributed by atoms with Gasteiger partial charge in [-0.15, -0.1) is 0 Å². The number of likely N-dealkylation sites (N-methyl/N-ethyl adjacent to an activating group) is 1. The lowest BCUT2D eigenvalue weighted by atomic mass is 10.0. The summed E-state index contributed by atoms with van der Waals surface area (Å²) in [7, 11) is 5.53. The maximum absolute atomic E-state index is 12.8. The van der Waals surface area contributed by atoms with Gasteiger partial charge in [0.05, 0.1) is 34.4 Å². The fraction of sp³-hybridized carbons (Fsp3) is 0.788. The fourth-order valence-corrected chi connectivity index (χ4v) is 7.20. The molecular formula is C52H94NO7+. The van der Waals surface area contributed by atoms with E-state index in [0.29, 0.717) is 19.3 Å². The third-order valence-corrected chi connectivity index (χ3v) is 11.0. The number of allylic oxidation sites excluding steroid dienone is 8. The third kappa shape index (κ3) is 40.7. The highest BCUT2D eigenvalue weighted by Crippen LogP contribution is 2.16. The summed E-state index contributed by atoms with van der Waals surface area (Å²) in [6.07, 6.45) is 51.5. The van der Waals surface area contributed by atoms with Crippen LogP contribution in [-0.2, 0) is 28.6 Å². The molecule has 8 nitrogen and oxygen atoms in total. The van der Waals surface area contributed by atoms with E-state index in [9.17, 15) is 19.5 Å². The van der Waals surface area contributed by atoms with Gasteiger partial charge in [-0.2, -0.15) is 0 Å². The van der Waals surface area contributed by atoms with E-state index < -0.39 is 18.1 Å². The Balaban J connectivity index is 4.29. The summed E-state index contributed by atoms with van der Waals surface area (Å²) in [5.41, 5.74) is 0. The van der Waals surface area contributed by atoms with Gasteiger partial charge in [0, 0.05) is 19.3 Å². The Morgan fingerprint density at radius 3 is 1.38 bits per heavy atom. The molecule has 0 fully saturated rings. The first kappa shape index (κ1) is 57.3. The van der Waals surface area contributed by atoms with Crippen LogP contribution in [0.4, 0.5) is 0 Å². The first-order valence-corrected chi connectivity index (χ1v) is 24.7. The van der Waals surface area contributed by atoms with Gasteiger partial charge >= 0.3 is 17.9 Å². The number of hydrogen-bond acceptors (Lipinski definition) is 6. The molecule has 0 saturated carbocycles. The fourth-order valence-electron chi connectivity index (χ4n) is 7.20. The van der Waals surface area contributed by atoms with Crippen molar-refractivity contribution < 1.29 is 38.2 Å². The van der Waals surface area contributed by atoms with Crippen LogP contribution >= 0.6 is 0 Å². The second kappa shape index (κ2) is 43.0. The van der Waals surface area contributed by atoms with Crippen molar-refractivity contribution in [2.45, 2.75) is 225 Å². The van der Waals surface area contributed by atoms with Crippen LogP contribution in [0.3, 0.4) is 0 Å². The van der Waals surface area contributed by atoms with Gasteiger partial charge in [-0.25, -0.2) is 4.79 Å². The van der Waals surface area contributed by atoms with Crippen molar-refractivity contribution in [2.24, 2.45) is 0 Å². The number of carbonyl (C=O) groups excluding carboxylic acids is 2. The quantitative estimate of drug-likeness (QED) is 0.0282. The van der Waals surface area contributed by atoms with Gasteiger partial charge in [-0.1, -0.05) is 191 Å². The van der Waals surface area contributed by atoms with E-state index in [0.717, 1.165) is 77.0 Å². The van der Waals surface area contributed by atoms with Crippen molar-refractivity contribution in [1.29, 1.82) is 0 Å². The minimum absolute atomic E-state index is 0.0569. The highest BCUT2D eigenvalue weighted by atomic mass is 16.6. The van der Waals surface area contributed by atoms with E-state index in [1.54, 1.807) is 0 Å². The molecule has 0 aromatic rings. The molecular weight excluding hydrogens is 751 g/mol. The molecule has 0 rings (SSSR count). The molecule has 348 valence electrons. The van der Waals surface area contributed by atoms with E-state index in [1.807, 2.05) is 21.1 Å². The molecule has 0 saturated heterocycles. The van der Waals surface area contributed by atoms with Crippen molar-refractivity contribution in [3.63, 3.8) is 0 Å². The zero-order valence-electron chi connectivity index (χ0n) is 39.7. The number of carbonyl (C=O) groups is 3. The molecule has 8 heteroatoms. The molecule has 0 aromatic carbocycles. The molecule has 60 heavy (non-hydrogen) atoms. The van der Waals surface area contributed by atoms with Crippen LogP contribution in [0.25, 0.3) is 0 Å². The molecule has 0 aromatic heterocycles. The summed E-state index contributed by atoms with van der Waals surface area (Å²) in [6, 6.07) is -0.617. The zero-order valence-corrected chi connectivity index (χ0v) is 39.7. The van der Waals surface area contributed by atoms with Crippen LogP contribution in [0.15, 0.2) is 48.6 Å². The molecule has 0 heterocycles. The molecule has 0 radical (unpaired) electrons. The average Bonchev–Trinajstić information content (AvgIpc) is 3.21. The number of quaternary nitrogens is 1. The molecule has 0 aliphatic rings. The Morgan fingerprint density at radius 1 is 0.517 bits per heavy atom. The van der Waals surface area contributed by atoms with Gasteiger partial charge in [0.1, 0.15) is 6.61 Å². The molecule has 0 aliphatic carbocycles. The molecule has 0 bridgehead atoms. The molecule has 0 spiro atoms. The summed E-state index contributed by atoms with van der Waals surface area (Å²) in [5.74, 6) is -1.48. The van der Waals surface area contributed by atoms with Crippen molar-refractivity contribution in [1.82, 2.24) is 0 Å². The van der Waals surface area contributed by atoms with Gasteiger partial charge in [-0.3, -0.25) is 9.59 Å². The zero-order chi connectivity index (χ0) is 44.2. The maximum Gasteiger partial charge on any atom is 0.362 e. The van der Waals surface area contributed by atoms with Crippen molar-refractivity contribution >= 4 is 17.9 Å². The Bertz CT molecular complexity index is 1120. The molecule has 0 aliphatic heterocycles. The largest absolute Gasteiger partial charge is 0.477 e. The number of nitrogens with zero attached hydrogens (tertiary/aromatic N) is 1. The number of esters is 2. The molecule has 2 unspecified atom stereocenters. The van der Waals surface area contributed by atoms with Crippen molar-refractivity contribution in [3.05, 3.63) is 48.6 Å². The predicted molar refractivity (Wildman–Crippen MR) is 252 cm³/mol. The first-order valence-electron chi connectivity index (χ1n) is 24.7. The van der Waals surface area contributed by atoms with Gasteiger partial charge in [-0.05, 0) is 51.4 Å². The Morgan fingerprint density at radius 2 is 0.933 bits per heavy atom. The monoisotopic (exact) mass is 845 g/mol. The lowest BCUT2D eigenvalue weighted by Crippen LogP contribution is -2.50. The summed E-state index contributed by atoms with van der Waals surface area (Å²) in [6.45, 7) is 4.63. The Kier molecular flexibility index (Phi) is 41.0. The summed E-state index contributed by atoms with van der Waals surface area (Å²) < 4.78 is 17.3. The highest BCUT2D eigenvalue weighted by Gasteiger charge is 2.31. The topological polar surface area (TPSA) is 99.1 Å². The van der Waals surface area contributed by atoms with Gasteiger partial charge in [0.2, 0.25) is 0 Å². The lowest BCUT2D eigenvalue weighted by molar-refractivity contribution is -0.887. The Hall–Kier alpha value is -2.71. The summed E-state index contributed by atoms with van der Waals surface area (Å²) in [4.78, 5) is 37.1. The number of rotatable bonds is 44. The van der Waals surface area contributed by atoms with Crippen molar-refractivity contribution in [2.75, 3.05) is 41.0 Å². The summed E-state index contributed by atoms with van der Waals surface area (Å²) >= 11 is 0. The average molecular weight is 845 g/mol. The highest BCUT2D eigenvalue weighted by molar-refractivity contribution is 5.72. The van der Waals surface area contributed by atoms with E-state index in [1.165, 1.54) is 103 Å². The van der Waals surface area contributed by atoms with Gasteiger partial charge in [0.25, 0.3) is 0 Å². The van der Waals surface area contributed by atoms with E-state index in [-0.39, 0.29) is 36.2 Å². The molecule has 2 atom stereocenters. The van der Waals surface area contributed by atoms with E-state index in [4.69, 9.17) is 14.2 Å². The minimum Gasteiger partial charge on any atom is -0.477 e. The lowest BCUT2D eigenvalue weighted by Gasteiger charge is -2.31. The number of ether oxygens (including phenoxy) is 3. The number of unbranched alkanes of at least 4 members (excludes halogenated alkanes) is 22. The van der Waals surface area contributed by atoms with Crippen molar-refractivity contribution in [3.8, 4) is 0 Å². The van der Waals surface area contributed by atoms with Crippen LogP contribution in [0, 0.1) is 0 Å². The SMILES string of the molecule is CC/C=C/C/C=C/C/C=C/C/C=C/CCCCCCCCC(=O)OCC(COCCC(C(=O)O)[N+](C)(C)C)OC(=O)CCCCCCCCCCCCCCCCCCC. The van der Waals surface area contributed by atoms with E-state index >= 15 is 0 Å². The van der Waals surface area contributed by atoms with Crippen LogP contribution in [-0.4, -0.2) is 80.6 Å². The number of hydrogen-bond donors (Lipinski definition) is 1. The Labute approximate surface area is 369 Å². The minimum atomic E-state index is -0.876. The smallest absolute Gasteiger partial charge is 0.362 e. The van der Waals surface area contributed by atoms with Crippen LogP contribution in [0.2, 0.25) is 0 Å². The van der Waals surface area contributed by atoms with Gasteiger partial charge < -0.3 is 23.8 Å². The van der Waals surface area contributed by atoms with Crippen LogP contribution in [0.1, 0.15) is 213 Å². The normalized spacial score (nSPS) is 13.3. The number of aliphatic carboxylic acids is 1. The molecule has 1 N–H and O–H groups in total. The predicted octanol–water partition coefficient (Wildman–Crippen LogP) is 14.0. The maximum atomic E-state index is 12.8. The first-order chi connectivity index (χ1) is 29.1. The van der Waals surface area contributed by atoms with Crippen LogP contribution in [0.5, 0.6) is 0 Å². The molecule has 0 amide bonds. The van der Waals surface area contributed by atoms with E-state index in [2.05, 4.69) is 62.5 Å². The standard InChI is InChI=1S/C52H93NO7/c1-6-8-10-12-14-16-18-20-22-24-25-27-28-30-32-34-36-38-40-42-50(54)59-47-48(46-58-45-44-49(52(56)57)53(3,4)5)60-51(55)43-41-39-37-35-33-31-29-26-23-21-19-17-15-13-11-9-7-2/h8,10,14,16,20,22,25,27,48-49H,6-7,9,11-13,15,17-19,21,23-24,26,28-47H2,1-5H3/p+1/b10-8+,16-14+,22-20+,27-25+. The number of carboxylic acid groups (broad SMARTS) is 1. The second-order valence-electron chi connectivity index (χ2n) is 17.7. The van der Waals surface area contributed by atoms with Gasteiger partial charge in [0.15, 0.2) is 12.1 Å².